The third kappa shape index (κ3) is 3.16. The number of fused-ring (bicyclic) bond motifs is 2. The van der Waals surface area contributed by atoms with E-state index in [9.17, 15) is 0 Å². The second-order valence-electron chi connectivity index (χ2n) is 6.22. The number of hydrogen-bond donors (Lipinski definition) is 2. The van der Waals surface area contributed by atoms with Gasteiger partial charge in [-0.05, 0) is 18.2 Å². The van der Waals surface area contributed by atoms with E-state index in [0.29, 0.717) is 36.2 Å². The molecule has 7 heteroatoms. The third-order valence-electron chi connectivity index (χ3n) is 4.51. The van der Waals surface area contributed by atoms with E-state index in [-0.39, 0.29) is 0 Å². The van der Waals surface area contributed by atoms with Gasteiger partial charge in [0.05, 0.1) is 25.3 Å². The Labute approximate surface area is 162 Å². The molecule has 3 N–H and O–H groups in total. The summed E-state index contributed by atoms with van der Waals surface area (Å²) in [5.74, 6) is 2.51. The minimum atomic E-state index is 0.490. The maximum atomic E-state index is 5.69. The van der Waals surface area contributed by atoms with Crippen molar-refractivity contribution in [1.29, 1.82) is 0 Å². The zero-order chi connectivity index (χ0) is 19.5. The number of nitrogens with two attached hydrogens (primary N) is 1. The van der Waals surface area contributed by atoms with E-state index in [1.54, 1.807) is 20.4 Å². The molecular weight excluding hydrogens is 354 g/mol. The van der Waals surface area contributed by atoms with Crippen molar-refractivity contribution in [3.63, 3.8) is 0 Å². The molecular formula is C21H21N5O2. The molecule has 4 aromatic rings. The topological polar surface area (TPSA) is 95.2 Å². The Morgan fingerprint density at radius 1 is 1.00 bits per heavy atom. The monoisotopic (exact) mass is 375 g/mol. The Morgan fingerprint density at radius 3 is 2.57 bits per heavy atom. The number of rotatable bonds is 6. The van der Waals surface area contributed by atoms with E-state index in [4.69, 9.17) is 25.2 Å². The highest BCUT2D eigenvalue weighted by Crippen LogP contribution is 2.36. The normalized spacial score (nSPS) is 11.0. The van der Waals surface area contributed by atoms with Crippen LogP contribution in [0.2, 0.25) is 0 Å². The number of pyridine rings is 1. The molecule has 2 aromatic heterocycles. The summed E-state index contributed by atoms with van der Waals surface area (Å²) in [5.41, 5.74) is 8.15. The van der Waals surface area contributed by atoms with Crippen LogP contribution in [0.1, 0.15) is 0 Å². The van der Waals surface area contributed by atoms with E-state index in [1.165, 1.54) is 0 Å². The molecule has 0 saturated heterocycles. The maximum Gasteiger partial charge on any atom is 0.164 e. The Kier molecular flexibility index (Phi) is 4.90. The fourth-order valence-corrected chi connectivity index (χ4v) is 3.19. The highest BCUT2D eigenvalue weighted by atomic mass is 16.5. The lowest BCUT2D eigenvalue weighted by atomic mass is 10.1. The summed E-state index contributed by atoms with van der Waals surface area (Å²) in [6.45, 7) is 1.08. The van der Waals surface area contributed by atoms with Crippen molar-refractivity contribution in [2.75, 3.05) is 32.6 Å². The highest BCUT2D eigenvalue weighted by Gasteiger charge is 2.15. The molecule has 2 heterocycles. The quantitative estimate of drug-likeness (QED) is 0.534. The summed E-state index contributed by atoms with van der Waals surface area (Å²) in [5, 5.41) is 5.16. The molecule has 0 amide bonds. The first-order valence-corrected chi connectivity index (χ1v) is 8.97. The number of anilines is 1. The number of benzene rings is 2. The van der Waals surface area contributed by atoms with Crippen LogP contribution >= 0.6 is 0 Å². The first-order chi connectivity index (χ1) is 13.7. The predicted molar refractivity (Wildman–Crippen MR) is 111 cm³/mol. The van der Waals surface area contributed by atoms with Crippen LogP contribution in [0.3, 0.4) is 0 Å². The Morgan fingerprint density at radius 2 is 1.79 bits per heavy atom. The summed E-state index contributed by atoms with van der Waals surface area (Å²) in [7, 11) is 3.21. The molecule has 0 aliphatic heterocycles. The van der Waals surface area contributed by atoms with Crippen molar-refractivity contribution < 1.29 is 9.47 Å². The minimum absolute atomic E-state index is 0.490. The van der Waals surface area contributed by atoms with Crippen molar-refractivity contribution in [2.24, 2.45) is 5.73 Å². The van der Waals surface area contributed by atoms with Gasteiger partial charge in [0.1, 0.15) is 5.82 Å². The molecule has 2 aromatic carbocycles. The van der Waals surface area contributed by atoms with Crippen molar-refractivity contribution in [3.05, 3.63) is 48.7 Å². The number of hydrogen-bond acceptors (Lipinski definition) is 7. The number of ether oxygens (including phenoxy) is 2. The van der Waals surface area contributed by atoms with Crippen molar-refractivity contribution in [1.82, 2.24) is 15.0 Å². The molecule has 0 atom stereocenters. The zero-order valence-electron chi connectivity index (χ0n) is 15.8. The van der Waals surface area contributed by atoms with Gasteiger partial charge in [0.2, 0.25) is 0 Å². The summed E-state index contributed by atoms with van der Waals surface area (Å²) >= 11 is 0. The molecule has 0 unspecified atom stereocenters. The van der Waals surface area contributed by atoms with Crippen LogP contribution in [0, 0.1) is 0 Å². The maximum absolute atomic E-state index is 5.69. The summed E-state index contributed by atoms with van der Waals surface area (Å²) < 4.78 is 10.9. The fraction of sp³-hybridized carbons (Fsp3) is 0.190. The van der Waals surface area contributed by atoms with Gasteiger partial charge in [-0.1, -0.05) is 18.2 Å². The zero-order valence-corrected chi connectivity index (χ0v) is 15.8. The van der Waals surface area contributed by atoms with Gasteiger partial charge < -0.3 is 20.5 Å². The number of nitrogens with one attached hydrogen (secondary N) is 1. The second-order valence-corrected chi connectivity index (χ2v) is 6.22. The van der Waals surface area contributed by atoms with Crippen LogP contribution < -0.4 is 20.5 Å². The van der Waals surface area contributed by atoms with Gasteiger partial charge in [0.25, 0.3) is 0 Å². The van der Waals surface area contributed by atoms with Gasteiger partial charge in [-0.15, -0.1) is 0 Å². The highest BCUT2D eigenvalue weighted by molar-refractivity contribution is 5.96. The van der Waals surface area contributed by atoms with Gasteiger partial charge >= 0.3 is 0 Å². The number of para-hydroxylation sites is 1. The van der Waals surface area contributed by atoms with E-state index >= 15 is 0 Å². The van der Waals surface area contributed by atoms with Crippen LogP contribution in [0.15, 0.2) is 48.7 Å². The minimum Gasteiger partial charge on any atom is -0.493 e. The molecule has 0 fully saturated rings. The number of aromatic nitrogens is 3. The molecule has 7 nitrogen and oxygen atoms in total. The van der Waals surface area contributed by atoms with E-state index in [2.05, 4.69) is 10.3 Å². The average Bonchev–Trinajstić information content (AvgIpc) is 2.75. The van der Waals surface area contributed by atoms with Gasteiger partial charge in [0, 0.05) is 41.7 Å². The average molecular weight is 375 g/mol. The molecule has 0 aliphatic rings. The van der Waals surface area contributed by atoms with Gasteiger partial charge in [-0.25, -0.2) is 9.97 Å². The summed E-state index contributed by atoms with van der Waals surface area (Å²) in [6.07, 6.45) is 1.77. The van der Waals surface area contributed by atoms with E-state index in [1.807, 2.05) is 42.5 Å². The molecule has 4 rings (SSSR count). The van der Waals surface area contributed by atoms with Gasteiger partial charge in [-0.2, -0.15) is 0 Å². The fourth-order valence-electron chi connectivity index (χ4n) is 3.19. The molecule has 28 heavy (non-hydrogen) atoms. The third-order valence-corrected chi connectivity index (χ3v) is 4.51. The van der Waals surface area contributed by atoms with Gasteiger partial charge in [-0.3, -0.25) is 4.98 Å². The number of methoxy groups -OCH3 is 2. The lowest BCUT2D eigenvalue weighted by Gasteiger charge is -2.14. The summed E-state index contributed by atoms with van der Waals surface area (Å²) in [6, 6.07) is 13.6. The summed E-state index contributed by atoms with van der Waals surface area (Å²) in [4.78, 5) is 14.1. The Balaban J connectivity index is 1.98. The Hall–Kier alpha value is -3.45. The van der Waals surface area contributed by atoms with Crippen LogP contribution in [-0.2, 0) is 0 Å². The standard InChI is InChI=1S/C21H21N5O2/c1-27-17-11-15-16(12-18(17)28-2)25-21(26-20(15)24-10-8-22)14-7-3-5-13-6-4-9-23-19(13)14/h3-7,9,11-12H,8,10,22H2,1-2H3,(H,24,25,26). The smallest absolute Gasteiger partial charge is 0.164 e. The first-order valence-electron chi connectivity index (χ1n) is 8.97. The molecule has 0 radical (unpaired) electrons. The van der Waals surface area contributed by atoms with Crippen molar-refractivity contribution in [3.8, 4) is 22.9 Å². The van der Waals surface area contributed by atoms with E-state index in [0.717, 1.165) is 27.4 Å². The second kappa shape index (κ2) is 7.66. The molecule has 0 bridgehead atoms. The van der Waals surface area contributed by atoms with Crippen LogP contribution in [-0.4, -0.2) is 42.3 Å². The molecule has 0 spiro atoms. The Bertz CT molecular complexity index is 1140. The largest absolute Gasteiger partial charge is 0.493 e. The van der Waals surface area contributed by atoms with Crippen LogP contribution in [0.4, 0.5) is 5.82 Å². The van der Waals surface area contributed by atoms with Crippen LogP contribution in [0.5, 0.6) is 11.5 Å². The van der Waals surface area contributed by atoms with Crippen molar-refractivity contribution in [2.45, 2.75) is 0 Å². The lowest BCUT2D eigenvalue weighted by Crippen LogP contribution is -2.14. The molecule has 0 aliphatic carbocycles. The predicted octanol–water partition coefficient (Wildman–Crippen LogP) is 3.23. The molecule has 0 saturated carbocycles. The lowest BCUT2D eigenvalue weighted by molar-refractivity contribution is 0.356. The van der Waals surface area contributed by atoms with Crippen LogP contribution in [0.25, 0.3) is 33.2 Å². The first kappa shape index (κ1) is 17.9. The van der Waals surface area contributed by atoms with Gasteiger partial charge in [0.15, 0.2) is 17.3 Å². The number of nitrogens with zero attached hydrogens (tertiary/aromatic N) is 3. The molecule has 142 valence electrons. The SMILES string of the molecule is COc1cc2nc(-c3cccc4cccnc34)nc(NCCN)c2cc1OC. The van der Waals surface area contributed by atoms with Crippen molar-refractivity contribution >= 4 is 27.6 Å². The van der Waals surface area contributed by atoms with E-state index < -0.39 is 0 Å².